The van der Waals surface area contributed by atoms with E-state index < -0.39 is 10.8 Å². The molecule has 0 radical (unpaired) electrons. The lowest BCUT2D eigenvalue weighted by Gasteiger charge is -2.35. The highest BCUT2D eigenvalue weighted by molar-refractivity contribution is 6.04. The van der Waals surface area contributed by atoms with Crippen LogP contribution in [0.25, 0.3) is 55.3 Å². The van der Waals surface area contributed by atoms with E-state index in [0.717, 1.165) is 45.3 Å². The highest BCUT2D eigenvalue weighted by Gasteiger charge is 2.53. The van der Waals surface area contributed by atoms with Crippen molar-refractivity contribution in [1.29, 1.82) is 0 Å². The summed E-state index contributed by atoms with van der Waals surface area (Å²) in [4.78, 5) is 4.91. The van der Waals surface area contributed by atoms with Crippen molar-refractivity contribution in [2.24, 2.45) is 0 Å². The Kier molecular flexibility index (Phi) is 10.4. The van der Waals surface area contributed by atoms with E-state index in [0.29, 0.717) is 0 Å². The van der Waals surface area contributed by atoms with Gasteiger partial charge in [0.1, 0.15) is 0 Å². The molecule has 0 amide bonds. The maximum atomic E-state index is 2.51. The first kappa shape index (κ1) is 45.9. The molecule has 1 atom stereocenters. The molecule has 2 nitrogen and oxygen atoms in total. The second-order valence-corrected chi connectivity index (χ2v) is 21.4. The fourth-order valence-corrected chi connectivity index (χ4v) is 14.4. The molecule has 3 aliphatic rings. The van der Waals surface area contributed by atoms with Crippen LogP contribution in [0.1, 0.15) is 44.5 Å². The van der Waals surface area contributed by atoms with E-state index in [1.807, 2.05) is 0 Å². The predicted molar refractivity (Wildman–Crippen MR) is 332 cm³/mol. The van der Waals surface area contributed by atoms with Crippen LogP contribution in [-0.2, 0) is 10.8 Å². The molecule has 374 valence electrons. The Hall–Kier alpha value is -10.3. The molecule has 0 heterocycles. The number of hydrogen-bond acceptors (Lipinski definition) is 2. The third-order valence-corrected chi connectivity index (χ3v) is 17.5. The number of rotatable bonds is 9. The Morgan fingerprint density at radius 3 is 1.30 bits per heavy atom. The van der Waals surface area contributed by atoms with Gasteiger partial charge in [-0.25, -0.2) is 0 Å². The Bertz CT molecular complexity index is 4480. The molecule has 0 fully saturated rings. The SMILES string of the molecule is c1ccc(-c2ccccc2N(c2ccc(C3(c4ccccc4)c4ccccc4-c4ccccc43)cc2)c2cccc(N(c3ccccc3)c3ccc4c(c3)C3(c5ccccc5-4)c4ccccc4-c4ccc5ccccc5c43)c2)cc1. The highest BCUT2D eigenvalue weighted by atomic mass is 15.2. The van der Waals surface area contributed by atoms with Crippen molar-refractivity contribution in [3.05, 3.63) is 360 Å². The van der Waals surface area contributed by atoms with Gasteiger partial charge in [0.2, 0.25) is 0 Å². The molecule has 0 aliphatic heterocycles. The number of hydrogen-bond donors (Lipinski definition) is 0. The van der Waals surface area contributed by atoms with E-state index in [1.165, 1.54) is 88.7 Å². The van der Waals surface area contributed by atoms with Crippen molar-refractivity contribution in [2.75, 3.05) is 9.80 Å². The van der Waals surface area contributed by atoms with Gasteiger partial charge < -0.3 is 9.80 Å². The molecule has 13 aromatic carbocycles. The number of nitrogens with zero attached hydrogens (tertiary/aromatic N) is 2. The van der Waals surface area contributed by atoms with Gasteiger partial charge in [0.15, 0.2) is 0 Å². The minimum Gasteiger partial charge on any atom is -0.310 e. The topological polar surface area (TPSA) is 6.48 Å². The zero-order valence-corrected chi connectivity index (χ0v) is 43.9. The molecule has 0 aromatic heterocycles. The summed E-state index contributed by atoms with van der Waals surface area (Å²) in [6.07, 6.45) is 0. The first-order valence-electron chi connectivity index (χ1n) is 27.8. The molecule has 80 heavy (non-hydrogen) atoms. The van der Waals surface area contributed by atoms with Gasteiger partial charge in [-0.15, -0.1) is 0 Å². The van der Waals surface area contributed by atoms with Gasteiger partial charge in [0.25, 0.3) is 0 Å². The number of benzene rings is 13. The van der Waals surface area contributed by atoms with E-state index in [4.69, 9.17) is 0 Å². The van der Waals surface area contributed by atoms with Gasteiger partial charge in [-0.05, 0) is 155 Å². The van der Waals surface area contributed by atoms with Gasteiger partial charge in [-0.2, -0.15) is 0 Å². The monoisotopic (exact) mass is 1020 g/mol. The average Bonchev–Trinajstić information content (AvgIpc) is 2.80. The van der Waals surface area contributed by atoms with Gasteiger partial charge in [0, 0.05) is 34.0 Å². The lowest BCUT2D eigenvalue weighted by Crippen LogP contribution is -2.28. The minimum atomic E-state index is -0.537. The van der Waals surface area contributed by atoms with Crippen LogP contribution in [0.4, 0.5) is 34.1 Å². The van der Waals surface area contributed by atoms with E-state index >= 15 is 0 Å². The summed E-state index contributed by atoms with van der Waals surface area (Å²) in [5.41, 5.74) is 25.8. The first-order valence-corrected chi connectivity index (χ1v) is 27.8. The average molecular weight is 1020 g/mol. The molecule has 3 aliphatic carbocycles. The van der Waals surface area contributed by atoms with Crippen LogP contribution >= 0.6 is 0 Å². The molecule has 1 spiro atoms. The van der Waals surface area contributed by atoms with Gasteiger partial charge in [-0.3, -0.25) is 0 Å². The minimum absolute atomic E-state index is 0.512. The summed E-state index contributed by atoms with van der Waals surface area (Å²) < 4.78 is 0. The summed E-state index contributed by atoms with van der Waals surface area (Å²) in [6.45, 7) is 0. The van der Waals surface area contributed by atoms with Gasteiger partial charge in [-0.1, -0.05) is 255 Å². The molecule has 1 unspecified atom stereocenters. The second-order valence-electron chi connectivity index (χ2n) is 21.4. The second kappa shape index (κ2) is 18.2. The van der Waals surface area contributed by atoms with E-state index in [1.54, 1.807) is 0 Å². The fraction of sp³-hybridized carbons (Fsp3) is 0.0256. The van der Waals surface area contributed by atoms with Crippen LogP contribution in [0, 0.1) is 0 Å². The lowest BCUT2D eigenvalue weighted by molar-refractivity contribution is 0.768. The van der Waals surface area contributed by atoms with E-state index in [2.05, 4.69) is 325 Å². The first-order chi connectivity index (χ1) is 39.7. The van der Waals surface area contributed by atoms with Crippen LogP contribution in [0.3, 0.4) is 0 Å². The summed E-state index contributed by atoms with van der Waals surface area (Å²) in [7, 11) is 0. The normalized spacial score (nSPS) is 14.7. The number of fused-ring (bicyclic) bond motifs is 15. The molecular weight excluding hydrogens is 965 g/mol. The molecule has 0 saturated carbocycles. The van der Waals surface area contributed by atoms with Crippen molar-refractivity contribution >= 4 is 44.9 Å². The molecule has 16 rings (SSSR count). The smallest absolute Gasteiger partial charge is 0.0732 e. The quantitative estimate of drug-likeness (QED) is 0.142. The standard InChI is InChI=1S/C78H52N2/c1-4-23-53(24-5-1)62-32-16-21-42-75(62)80(58-46-44-56(45-47-58)77(55-26-6-2-7-27-55)70-38-17-12-34-64(70)65-35-13-18-39-71(65)77)60-31-22-30-59(51-60)79(57-28-8-3-9-29-57)61-48-50-68-66-36-14-19-40-72(66)78(74(68)52-61)73-41-20-15-37-67(73)69-49-43-54-25-10-11-33-63(54)76(69)78/h1-52H. The lowest BCUT2D eigenvalue weighted by atomic mass is 9.68. The third-order valence-electron chi connectivity index (χ3n) is 17.5. The summed E-state index contributed by atoms with van der Waals surface area (Å²) in [5.74, 6) is 0. The number of para-hydroxylation sites is 2. The molecular formula is C78H52N2. The van der Waals surface area contributed by atoms with Crippen molar-refractivity contribution in [3.63, 3.8) is 0 Å². The van der Waals surface area contributed by atoms with Crippen LogP contribution in [0.5, 0.6) is 0 Å². The molecule has 0 bridgehead atoms. The maximum absolute atomic E-state index is 2.51. The van der Waals surface area contributed by atoms with Gasteiger partial charge in [0.05, 0.1) is 16.5 Å². The largest absolute Gasteiger partial charge is 0.310 e. The van der Waals surface area contributed by atoms with Crippen molar-refractivity contribution in [2.45, 2.75) is 10.8 Å². The van der Waals surface area contributed by atoms with Crippen LogP contribution < -0.4 is 9.80 Å². The molecule has 0 N–H and O–H groups in total. The zero-order chi connectivity index (χ0) is 52.8. The third kappa shape index (κ3) is 6.60. The predicted octanol–water partition coefficient (Wildman–Crippen LogP) is 20.2. The summed E-state index contributed by atoms with van der Waals surface area (Å²) in [5, 5.41) is 2.54. The van der Waals surface area contributed by atoms with Crippen molar-refractivity contribution in [3.8, 4) is 44.5 Å². The Labute approximate surface area is 467 Å². The van der Waals surface area contributed by atoms with Gasteiger partial charge >= 0.3 is 0 Å². The maximum Gasteiger partial charge on any atom is 0.0732 e. The number of anilines is 6. The Balaban J connectivity index is 0.895. The molecule has 13 aromatic rings. The van der Waals surface area contributed by atoms with Crippen LogP contribution in [0.15, 0.2) is 315 Å². The Morgan fingerprint density at radius 2 is 0.650 bits per heavy atom. The fourth-order valence-electron chi connectivity index (χ4n) is 14.4. The van der Waals surface area contributed by atoms with Crippen LogP contribution in [0.2, 0.25) is 0 Å². The summed E-state index contributed by atoms with van der Waals surface area (Å²) in [6, 6.07) is 117. The van der Waals surface area contributed by atoms with Crippen molar-refractivity contribution in [1.82, 2.24) is 0 Å². The zero-order valence-electron chi connectivity index (χ0n) is 43.9. The van der Waals surface area contributed by atoms with Crippen molar-refractivity contribution < 1.29 is 0 Å². The highest BCUT2D eigenvalue weighted by Crippen LogP contribution is 2.65. The van der Waals surface area contributed by atoms with Crippen LogP contribution in [-0.4, -0.2) is 0 Å². The van der Waals surface area contributed by atoms with E-state index in [-0.39, 0.29) is 0 Å². The molecule has 0 saturated heterocycles. The summed E-state index contributed by atoms with van der Waals surface area (Å²) >= 11 is 0. The van der Waals surface area contributed by atoms with E-state index in [9.17, 15) is 0 Å². The molecule has 2 heteroatoms. The Morgan fingerprint density at radius 1 is 0.225 bits per heavy atom.